The Hall–Kier alpha value is -1.78. The van der Waals surface area contributed by atoms with E-state index in [0.717, 1.165) is 12.3 Å². The normalized spacial score (nSPS) is 17.9. The minimum absolute atomic E-state index is 0.261. The second-order valence-electron chi connectivity index (χ2n) is 5.42. The first-order valence-electron chi connectivity index (χ1n) is 7.19. The Balaban J connectivity index is 1.88. The van der Waals surface area contributed by atoms with Crippen LogP contribution in [-0.4, -0.2) is 21.5 Å². The lowest BCUT2D eigenvalue weighted by Gasteiger charge is -2.14. The predicted molar refractivity (Wildman–Crippen MR) is 84.4 cm³/mol. The van der Waals surface area contributed by atoms with Crippen LogP contribution in [-0.2, 0) is 13.1 Å². The van der Waals surface area contributed by atoms with Gasteiger partial charge in [0, 0.05) is 5.75 Å². The summed E-state index contributed by atoms with van der Waals surface area (Å²) in [7, 11) is 0. The molecule has 0 aliphatic carbocycles. The first-order valence-corrected chi connectivity index (χ1v) is 8.17. The molecule has 2 heterocycles. The Labute approximate surface area is 127 Å². The topological polar surface area (TPSA) is 29.0 Å². The van der Waals surface area contributed by atoms with Gasteiger partial charge in [-0.15, -0.1) is 0 Å². The molecule has 3 nitrogen and oxygen atoms in total. The summed E-state index contributed by atoms with van der Waals surface area (Å²) in [4.78, 5) is 0. The Kier molecular flexibility index (Phi) is 3.20. The Morgan fingerprint density at radius 2 is 1.86 bits per heavy atom. The summed E-state index contributed by atoms with van der Waals surface area (Å²) in [6.45, 7) is 1.55. The summed E-state index contributed by atoms with van der Waals surface area (Å²) < 4.78 is 4.61. The third-order valence-electron chi connectivity index (χ3n) is 3.91. The first kappa shape index (κ1) is 12.9. The van der Waals surface area contributed by atoms with Crippen LogP contribution in [0.4, 0.5) is 0 Å². The number of aliphatic hydroxyl groups excluding tert-OH is 1. The zero-order valence-corrected chi connectivity index (χ0v) is 12.5. The van der Waals surface area contributed by atoms with Crippen LogP contribution in [0.3, 0.4) is 0 Å². The fraction of sp³-hybridized carbons (Fsp3) is 0.235. The molecule has 4 rings (SSSR count). The van der Waals surface area contributed by atoms with Gasteiger partial charge < -0.3 is 5.11 Å². The SMILES string of the molecule is O[C@@H]1CSc2n(Cc3ccccc3)c3ccccc3[n+]2C1. The molecule has 106 valence electrons. The lowest BCUT2D eigenvalue weighted by molar-refractivity contribution is -0.717. The molecule has 2 aromatic carbocycles. The van der Waals surface area contributed by atoms with E-state index in [1.165, 1.54) is 21.8 Å². The molecule has 4 heteroatoms. The molecule has 1 aromatic heterocycles. The zero-order chi connectivity index (χ0) is 14.2. The molecule has 21 heavy (non-hydrogen) atoms. The number of aliphatic hydroxyl groups is 1. The molecule has 0 unspecified atom stereocenters. The maximum atomic E-state index is 9.96. The van der Waals surface area contributed by atoms with Crippen LogP contribution in [0.2, 0.25) is 0 Å². The van der Waals surface area contributed by atoms with Crippen LogP contribution < -0.4 is 4.57 Å². The maximum Gasteiger partial charge on any atom is 0.319 e. The average molecular weight is 297 g/mol. The van der Waals surface area contributed by atoms with Gasteiger partial charge in [-0.25, -0.2) is 9.13 Å². The summed E-state index contributed by atoms with van der Waals surface area (Å²) in [5.74, 6) is 0.769. The van der Waals surface area contributed by atoms with Gasteiger partial charge in [0.2, 0.25) is 0 Å². The van der Waals surface area contributed by atoms with Gasteiger partial charge >= 0.3 is 5.16 Å². The van der Waals surface area contributed by atoms with Gasteiger partial charge in [-0.1, -0.05) is 42.5 Å². The van der Waals surface area contributed by atoms with Crippen molar-refractivity contribution in [1.29, 1.82) is 0 Å². The summed E-state index contributed by atoms with van der Waals surface area (Å²) in [5, 5.41) is 11.2. The number of hydrogen-bond donors (Lipinski definition) is 1. The molecular weight excluding hydrogens is 280 g/mol. The number of aromatic nitrogens is 2. The van der Waals surface area contributed by atoms with Crippen LogP contribution in [0.1, 0.15) is 5.56 Å². The number of para-hydroxylation sites is 2. The third kappa shape index (κ3) is 2.24. The highest BCUT2D eigenvalue weighted by atomic mass is 32.2. The van der Waals surface area contributed by atoms with Crippen molar-refractivity contribution in [2.75, 3.05) is 5.75 Å². The Bertz CT molecular complexity index is 782. The predicted octanol–water partition coefficient (Wildman–Crippen LogP) is 2.44. The van der Waals surface area contributed by atoms with Gasteiger partial charge in [0.05, 0.1) is 0 Å². The number of imidazole rings is 1. The highest BCUT2D eigenvalue weighted by Crippen LogP contribution is 2.27. The molecular formula is C17H17N2OS+. The van der Waals surface area contributed by atoms with Crippen LogP contribution >= 0.6 is 11.8 Å². The molecule has 1 atom stereocenters. The monoisotopic (exact) mass is 297 g/mol. The van der Waals surface area contributed by atoms with Gasteiger partial charge in [0.15, 0.2) is 11.0 Å². The van der Waals surface area contributed by atoms with Crippen molar-refractivity contribution in [2.45, 2.75) is 24.3 Å². The van der Waals surface area contributed by atoms with Crippen LogP contribution in [0, 0.1) is 0 Å². The Morgan fingerprint density at radius 1 is 1.10 bits per heavy atom. The fourth-order valence-corrected chi connectivity index (χ4v) is 4.05. The summed E-state index contributed by atoms with van der Waals surface area (Å²) in [5.41, 5.74) is 3.74. The lowest BCUT2D eigenvalue weighted by Crippen LogP contribution is -2.45. The van der Waals surface area contributed by atoms with Gasteiger partial charge in [-0.05, 0) is 29.5 Å². The molecule has 1 aliphatic rings. The van der Waals surface area contributed by atoms with Gasteiger partial charge in [0.25, 0.3) is 0 Å². The highest BCUT2D eigenvalue weighted by molar-refractivity contribution is 7.99. The van der Waals surface area contributed by atoms with Crippen molar-refractivity contribution in [3.05, 3.63) is 60.2 Å². The standard InChI is InChI=1S/C17H17N2OS/c20-14-11-19-16-9-5-4-8-15(16)18(17(19)21-12-14)10-13-6-2-1-3-7-13/h1-9,14,20H,10-12H2/q+1/t14-/m0/s1. The number of rotatable bonds is 2. The second-order valence-corrected chi connectivity index (χ2v) is 6.41. The number of nitrogens with zero attached hydrogens (tertiary/aromatic N) is 2. The minimum atomic E-state index is -0.261. The summed E-state index contributed by atoms with van der Waals surface area (Å²) in [6, 6.07) is 19.0. The van der Waals surface area contributed by atoms with Crippen LogP contribution in [0.5, 0.6) is 0 Å². The highest BCUT2D eigenvalue weighted by Gasteiger charge is 2.31. The number of thioether (sulfide) groups is 1. The number of benzene rings is 2. The minimum Gasteiger partial charge on any atom is -0.388 e. The Morgan fingerprint density at radius 3 is 2.71 bits per heavy atom. The molecule has 0 spiro atoms. The molecule has 0 fully saturated rings. The van der Waals surface area contributed by atoms with Crippen molar-refractivity contribution in [2.24, 2.45) is 0 Å². The van der Waals surface area contributed by atoms with E-state index in [1.54, 1.807) is 11.8 Å². The molecule has 1 aliphatic heterocycles. The molecule has 0 saturated heterocycles. The van der Waals surface area contributed by atoms with Crippen LogP contribution in [0.15, 0.2) is 59.8 Å². The van der Waals surface area contributed by atoms with E-state index in [9.17, 15) is 5.11 Å². The largest absolute Gasteiger partial charge is 0.388 e. The second kappa shape index (κ2) is 5.20. The van der Waals surface area contributed by atoms with Crippen molar-refractivity contribution in [3.63, 3.8) is 0 Å². The van der Waals surface area contributed by atoms with Crippen molar-refractivity contribution < 1.29 is 9.67 Å². The lowest BCUT2D eigenvalue weighted by atomic mass is 10.2. The van der Waals surface area contributed by atoms with Gasteiger partial charge in [-0.3, -0.25) is 0 Å². The molecule has 0 bridgehead atoms. The van der Waals surface area contributed by atoms with Crippen LogP contribution in [0.25, 0.3) is 11.0 Å². The first-order chi connectivity index (χ1) is 10.3. The van der Waals surface area contributed by atoms with E-state index in [-0.39, 0.29) is 6.10 Å². The number of hydrogen-bond acceptors (Lipinski definition) is 2. The summed E-state index contributed by atoms with van der Waals surface area (Å²) in [6.07, 6.45) is -0.261. The van der Waals surface area contributed by atoms with E-state index in [1.807, 2.05) is 6.07 Å². The van der Waals surface area contributed by atoms with Crippen molar-refractivity contribution in [3.8, 4) is 0 Å². The zero-order valence-electron chi connectivity index (χ0n) is 11.6. The van der Waals surface area contributed by atoms with E-state index < -0.39 is 0 Å². The molecule has 1 N–H and O–H groups in total. The van der Waals surface area contributed by atoms with E-state index in [4.69, 9.17) is 0 Å². The molecule has 0 radical (unpaired) electrons. The third-order valence-corrected chi connectivity index (χ3v) is 5.16. The maximum absolute atomic E-state index is 9.96. The smallest absolute Gasteiger partial charge is 0.319 e. The molecule has 0 saturated carbocycles. The van der Waals surface area contributed by atoms with Crippen molar-refractivity contribution >= 4 is 22.8 Å². The van der Waals surface area contributed by atoms with Crippen molar-refractivity contribution in [1.82, 2.24) is 4.57 Å². The van der Waals surface area contributed by atoms with E-state index in [0.29, 0.717) is 6.54 Å². The van der Waals surface area contributed by atoms with E-state index >= 15 is 0 Å². The fourth-order valence-electron chi connectivity index (χ4n) is 2.96. The summed E-state index contributed by atoms with van der Waals surface area (Å²) >= 11 is 1.74. The quantitative estimate of drug-likeness (QED) is 0.736. The molecule has 3 aromatic rings. The van der Waals surface area contributed by atoms with E-state index in [2.05, 4.69) is 57.7 Å². The molecule has 0 amide bonds. The van der Waals surface area contributed by atoms with Gasteiger partial charge in [0.1, 0.15) is 19.2 Å². The number of fused-ring (bicyclic) bond motifs is 3. The van der Waals surface area contributed by atoms with Gasteiger partial charge in [-0.2, -0.15) is 0 Å². The average Bonchev–Trinajstić information content (AvgIpc) is 2.82.